The highest BCUT2D eigenvalue weighted by atomic mass is 16.5. The first kappa shape index (κ1) is 13.5. The molecule has 1 amide bonds. The van der Waals surface area contributed by atoms with Crippen LogP contribution in [0.1, 0.15) is 13.3 Å². The van der Waals surface area contributed by atoms with Crippen LogP contribution in [0.5, 0.6) is 5.75 Å². The summed E-state index contributed by atoms with van der Waals surface area (Å²) >= 11 is 0. The molecule has 0 aliphatic rings. The van der Waals surface area contributed by atoms with Crippen molar-refractivity contribution < 1.29 is 9.53 Å². The largest absolute Gasteiger partial charge is 0.494 e. The molecule has 4 heteroatoms. The van der Waals surface area contributed by atoms with Gasteiger partial charge in [0.2, 0.25) is 5.91 Å². The maximum atomic E-state index is 11.8. The number of hydrogen-bond donors (Lipinski definition) is 1. The predicted octanol–water partition coefficient (Wildman–Crippen LogP) is 1.66. The highest BCUT2D eigenvalue weighted by molar-refractivity contribution is 5.92. The van der Waals surface area contributed by atoms with Crippen molar-refractivity contribution in [3.05, 3.63) is 24.3 Å². The van der Waals surface area contributed by atoms with Gasteiger partial charge >= 0.3 is 0 Å². The van der Waals surface area contributed by atoms with Gasteiger partial charge in [0, 0.05) is 25.7 Å². The van der Waals surface area contributed by atoms with Crippen LogP contribution in [0.25, 0.3) is 0 Å². The van der Waals surface area contributed by atoms with Crippen LogP contribution < -0.4 is 15.0 Å². The minimum atomic E-state index is 0.100. The van der Waals surface area contributed by atoms with Gasteiger partial charge in [-0.25, -0.2) is 0 Å². The molecule has 0 aliphatic carbocycles. The Morgan fingerprint density at radius 1 is 1.35 bits per heavy atom. The maximum Gasteiger partial charge on any atom is 0.227 e. The summed E-state index contributed by atoms with van der Waals surface area (Å²) in [6, 6.07) is 7.53. The molecule has 0 aliphatic heterocycles. The van der Waals surface area contributed by atoms with Crippen molar-refractivity contribution in [3.63, 3.8) is 0 Å². The van der Waals surface area contributed by atoms with E-state index in [9.17, 15) is 4.79 Å². The molecule has 1 aromatic rings. The Hall–Kier alpha value is -1.55. The van der Waals surface area contributed by atoms with Crippen molar-refractivity contribution in [2.45, 2.75) is 13.3 Å². The molecular weight excluding hydrogens is 216 g/mol. The van der Waals surface area contributed by atoms with E-state index in [-0.39, 0.29) is 5.91 Å². The second-order valence-corrected chi connectivity index (χ2v) is 3.73. The summed E-state index contributed by atoms with van der Waals surface area (Å²) in [5.41, 5.74) is 0.884. The first-order valence-electron chi connectivity index (χ1n) is 5.83. The van der Waals surface area contributed by atoms with Crippen LogP contribution in [0.2, 0.25) is 0 Å². The Bertz CT molecular complexity index is 349. The molecule has 0 fully saturated rings. The molecule has 4 nitrogen and oxygen atoms in total. The van der Waals surface area contributed by atoms with E-state index in [0.717, 1.165) is 11.4 Å². The zero-order chi connectivity index (χ0) is 12.7. The molecule has 0 radical (unpaired) electrons. The van der Waals surface area contributed by atoms with E-state index >= 15 is 0 Å². The molecular formula is C13H20N2O2. The Kier molecular flexibility index (Phi) is 5.49. The van der Waals surface area contributed by atoms with Gasteiger partial charge in [-0.1, -0.05) is 0 Å². The molecule has 1 aromatic carbocycles. The third kappa shape index (κ3) is 4.07. The van der Waals surface area contributed by atoms with Gasteiger partial charge in [-0.2, -0.15) is 0 Å². The molecule has 0 spiro atoms. The van der Waals surface area contributed by atoms with Crippen LogP contribution in [0.3, 0.4) is 0 Å². The van der Waals surface area contributed by atoms with Gasteiger partial charge in [0.25, 0.3) is 0 Å². The monoisotopic (exact) mass is 236 g/mol. The average Bonchev–Trinajstić information content (AvgIpc) is 2.36. The van der Waals surface area contributed by atoms with Crippen LogP contribution in [-0.4, -0.2) is 33.2 Å². The highest BCUT2D eigenvalue weighted by Crippen LogP contribution is 2.18. The SMILES string of the molecule is CCOc1ccc(N(C)C(=O)CCNC)cc1. The van der Waals surface area contributed by atoms with Crippen LogP contribution in [0, 0.1) is 0 Å². The van der Waals surface area contributed by atoms with E-state index < -0.39 is 0 Å². The van der Waals surface area contributed by atoms with Gasteiger partial charge < -0.3 is 15.0 Å². The number of hydrogen-bond acceptors (Lipinski definition) is 3. The Labute approximate surface area is 103 Å². The van der Waals surface area contributed by atoms with Crippen molar-refractivity contribution in [1.29, 1.82) is 0 Å². The number of nitrogens with zero attached hydrogens (tertiary/aromatic N) is 1. The molecule has 17 heavy (non-hydrogen) atoms. The standard InChI is InChI=1S/C13H20N2O2/c1-4-17-12-7-5-11(6-8-12)15(3)13(16)9-10-14-2/h5-8,14H,4,9-10H2,1-3H3. The van der Waals surface area contributed by atoms with Crippen molar-refractivity contribution >= 4 is 11.6 Å². The predicted molar refractivity (Wildman–Crippen MR) is 69.6 cm³/mol. The number of benzene rings is 1. The van der Waals surface area contributed by atoms with Crippen LogP contribution >= 0.6 is 0 Å². The maximum absolute atomic E-state index is 11.8. The Morgan fingerprint density at radius 2 is 2.00 bits per heavy atom. The summed E-state index contributed by atoms with van der Waals surface area (Å²) in [7, 11) is 3.62. The third-order valence-corrected chi connectivity index (χ3v) is 2.50. The second kappa shape index (κ2) is 6.91. The zero-order valence-corrected chi connectivity index (χ0v) is 10.7. The lowest BCUT2D eigenvalue weighted by molar-refractivity contribution is -0.118. The quantitative estimate of drug-likeness (QED) is 0.816. The number of rotatable bonds is 6. The van der Waals surface area contributed by atoms with Gasteiger partial charge in [-0.05, 0) is 38.2 Å². The number of ether oxygens (including phenoxy) is 1. The van der Waals surface area contributed by atoms with E-state index in [1.807, 2.05) is 38.2 Å². The Balaban J connectivity index is 2.62. The van der Waals surface area contributed by atoms with Gasteiger partial charge in [0.15, 0.2) is 0 Å². The first-order chi connectivity index (χ1) is 8.19. The number of carbonyl (C=O) groups excluding carboxylic acids is 1. The smallest absolute Gasteiger partial charge is 0.227 e. The fourth-order valence-electron chi connectivity index (χ4n) is 1.48. The van der Waals surface area contributed by atoms with E-state index in [0.29, 0.717) is 19.6 Å². The molecule has 0 unspecified atom stereocenters. The molecule has 1 rings (SSSR count). The molecule has 0 bridgehead atoms. The van der Waals surface area contributed by atoms with E-state index in [1.165, 1.54) is 0 Å². The number of amides is 1. The van der Waals surface area contributed by atoms with E-state index in [1.54, 1.807) is 11.9 Å². The molecule has 0 heterocycles. The second-order valence-electron chi connectivity index (χ2n) is 3.73. The van der Waals surface area contributed by atoms with Crippen molar-refractivity contribution in [3.8, 4) is 5.75 Å². The van der Waals surface area contributed by atoms with Crippen molar-refractivity contribution in [2.24, 2.45) is 0 Å². The molecule has 94 valence electrons. The van der Waals surface area contributed by atoms with E-state index in [4.69, 9.17) is 4.74 Å². The fourth-order valence-corrected chi connectivity index (χ4v) is 1.48. The van der Waals surface area contributed by atoms with Crippen molar-refractivity contribution in [1.82, 2.24) is 5.32 Å². The van der Waals surface area contributed by atoms with Crippen LogP contribution in [0.4, 0.5) is 5.69 Å². The van der Waals surface area contributed by atoms with Crippen LogP contribution in [-0.2, 0) is 4.79 Å². The summed E-state index contributed by atoms with van der Waals surface area (Å²) in [4.78, 5) is 13.4. The minimum Gasteiger partial charge on any atom is -0.494 e. The topological polar surface area (TPSA) is 41.6 Å². The third-order valence-electron chi connectivity index (χ3n) is 2.50. The van der Waals surface area contributed by atoms with Gasteiger partial charge in [0.05, 0.1) is 6.61 Å². The molecule has 0 atom stereocenters. The molecule has 0 aromatic heterocycles. The minimum absolute atomic E-state index is 0.100. The summed E-state index contributed by atoms with van der Waals surface area (Å²) in [6.07, 6.45) is 0.500. The number of carbonyl (C=O) groups is 1. The summed E-state index contributed by atoms with van der Waals surface area (Å²) in [6.45, 7) is 3.29. The number of anilines is 1. The molecule has 1 N–H and O–H groups in total. The van der Waals surface area contributed by atoms with Gasteiger partial charge in [-0.15, -0.1) is 0 Å². The van der Waals surface area contributed by atoms with E-state index in [2.05, 4.69) is 5.32 Å². The highest BCUT2D eigenvalue weighted by Gasteiger charge is 2.09. The lowest BCUT2D eigenvalue weighted by Crippen LogP contribution is -2.28. The fraction of sp³-hybridized carbons (Fsp3) is 0.462. The summed E-state index contributed by atoms with van der Waals surface area (Å²) in [5.74, 6) is 0.927. The Morgan fingerprint density at radius 3 is 2.53 bits per heavy atom. The molecule has 0 saturated carbocycles. The van der Waals surface area contributed by atoms with Gasteiger partial charge in [-0.3, -0.25) is 4.79 Å². The average molecular weight is 236 g/mol. The van der Waals surface area contributed by atoms with Crippen molar-refractivity contribution in [2.75, 3.05) is 32.1 Å². The lowest BCUT2D eigenvalue weighted by Gasteiger charge is -2.17. The zero-order valence-electron chi connectivity index (χ0n) is 10.7. The van der Waals surface area contributed by atoms with Gasteiger partial charge in [0.1, 0.15) is 5.75 Å². The first-order valence-corrected chi connectivity index (χ1v) is 5.83. The molecule has 0 saturated heterocycles. The van der Waals surface area contributed by atoms with Crippen LogP contribution in [0.15, 0.2) is 24.3 Å². The lowest BCUT2D eigenvalue weighted by atomic mass is 10.2. The number of nitrogens with one attached hydrogen (secondary N) is 1. The summed E-state index contributed by atoms with van der Waals surface area (Å²) in [5, 5.41) is 2.96. The normalized spacial score (nSPS) is 10.1. The summed E-state index contributed by atoms with van der Waals surface area (Å²) < 4.78 is 5.35.